The van der Waals surface area contributed by atoms with E-state index < -0.39 is 5.82 Å². The maximum Gasteiger partial charge on any atom is 0.258 e. The monoisotopic (exact) mass is 397 g/mol. The summed E-state index contributed by atoms with van der Waals surface area (Å²) in [6.45, 7) is 0.301. The van der Waals surface area contributed by atoms with Crippen molar-refractivity contribution in [3.8, 4) is 17.2 Å². The first-order valence-corrected chi connectivity index (χ1v) is 8.00. The van der Waals surface area contributed by atoms with Crippen LogP contribution in [0, 0.1) is 5.82 Å². The SMILES string of the molecule is COc1ccccc1OCCNC(=O)COc1ccc(Br)cc1F. The minimum absolute atomic E-state index is 0.0265. The number of ether oxygens (including phenoxy) is 3. The summed E-state index contributed by atoms with van der Waals surface area (Å²) in [5.74, 6) is 0.358. The number of nitrogens with one attached hydrogen (secondary N) is 1. The molecule has 5 nitrogen and oxygen atoms in total. The van der Waals surface area contributed by atoms with Crippen LogP contribution in [0.2, 0.25) is 0 Å². The Bertz CT molecular complexity index is 696. The molecular weight excluding hydrogens is 381 g/mol. The van der Waals surface area contributed by atoms with Crippen molar-refractivity contribution in [3.05, 3.63) is 52.8 Å². The van der Waals surface area contributed by atoms with E-state index in [4.69, 9.17) is 14.2 Å². The molecule has 2 aromatic carbocycles. The molecular formula is C17H17BrFNO4. The highest BCUT2D eigenvalue weighted by Gasteiger charge is 2.07. The summed E-state index contributed by atoms with van der Waals surface area (Å²) in [6, 6.07) is 11.6. The Hall–Kier alpha value is -2.28. The lowest BCUT2D eigenvalue weighted by atomic mass is 10.3. The minimum atomic E-state index is -0.531. The highest BCUT2D eigenvalue weighted by Crippen LogP contribution is 2.25. The van der Waals surface area contributed by atoms with Gasteiger partial charge in [-0.1, -0.05) is 28.1 Å². The lowest BCUT2D eigenvalue weighted by Gasteiger charge is -2.11. The van der Waals surface area contributed by atoms with Crippen molar-refractivity contribution in [2.45, 2.75) is 0 Å². The van der Waals surface area contributed by atoms with Crippen molar-refractivity contribution in [2.75, 3.05) is 26.9 Å². The third-order valence-electron chi connectivity index (χ3n) is 3.00. The first-order valence-electron chi connectivity index (χ1n) is 7.20. The van der Waals surface area contributed by atoms with Crippen LogP contribution < -0.4 is 19.5 Å². The molecule has 0 saturated carbocycles. The molecule has 0 aliphatic heterocycles. The van der Waals surface area contributed by atoms with E-state index >= 15 is 0 Å². The van der Waals surface area contributed by atoms with Gasteiger partial charge >= 0.3 is 0 Å². The van der Waals surface area contributed by atoms with Crippen molar-refractivity contribution in [1.82, 2.24) is 5.32 Å². The lowest BCUT2D eigenvalue weighted by Crippen LogP contribution is -2.32. The van der Waals surface area contributed by atoms with Crippen molar-refractivity contribution in [3.63, 3.8) is 0 Å². The second-order valence-electron chi connectivity index (χ2n) is 4.71. The first kappa shape index (κ1) is 18.1. The Morgan fingerprint density at radius 1 is 1.12 bits per heavy atom. The van der Waals surface area contributed by atoms with Crippen LogP contribution in [0.5, 0.6) is 17.2 Å². The van der Waals surface area contributed by atoms with Crippen LogP contribution in [-0.4, -0.2) is 32.8 Å². The highest BCUT2D eigenvalue weighted by molar-refractivity contribution is 9.10. The van der Waals surface area contributed by atoms with Gasteiger partial charge in [0.15, 0.2) is 29.7 Å². The average Bonchev–Trinajstić information content (AvgIpc) is 2.58. The van der Waals surface area contributed by atoms with Gasteiger partial charge in [0.05, 0.1) is 13.7 Å². The Kier molecular flexibility index (Phi) is 6.87. The molecule has 0 heterocycles. The summed E-state index contributed by atoms with van der Waals surface area (Å²) < 4.78 is 30.0. The first-order chi connectivity index (χ1) is 11.6. The summed E-state index contributed by atoms with van der Waals surface area (Å²) in [5.41, 5.74) is 0. The molecule has 0 bridgehead atoms. The van der Waals surface area contributed by atoms with Gasteiger partial charge in [-0.15, -0.1) is 0 Å². The van der Waals surface area contributed by atoms with Gasteiger partial charge in [0.2, 0.25) is 0 Å². The molecule has 0 fully saturated rings. The number of rotatable bonds is 8. The molecule has 0 radical (unpaired) electrons. The third kappa shape index (κ3) is 5.42. The predicted octanol–water partition coefficient (Wildman–Crippen LogP) is 3.17. The zero-order valence-electron chi connectivity index (χ0n) is 13.1. The number of para-hydroxylation sites is 2. The molecule has 0 unspecified atom stereocenters. The maximum atomic E-state index is 13.5. The van der Waals surface area contributed by atoms with Gasteiger partial charge in [-0.25, -0.2) is 4.39 Å². The molecule has 0 aliphatic rings. The number of halogens is 2. The Labute approximate surface area is 147 Å². The number of hydrogen-bond acceptors (Lipinski definition) is 4. The number of benzene rings is 2. The summed E-state index contributed by atoms with van der Waals surface area (Å²) in [4.78, 5) is 11.7. The summed E-state index contributed by atoms with van der Waals surface area (Å²) in [7, 11) is 1.56. The molecule has 1 N–H and O–H groups in total. The molecule has 128 valence electrons. The smallest absolute Gasteiger partial charge is 0.258 e. The second kappa shape index (κ2) is 9.12. The molecule has 0 aliphatic carbocycles. The molecule has 2 rings (SSSR count). The van der Waals surface area contributed by atoms with Crippen molar-refractivity contribution < 1.29 is 23.4 Å². The second-order valence-corrected chi connectivity index (χ2v) is 5.63. The number of carbonyl (C=O) groups excluding carboxylic acids is 1. The van der Waals surface area contributed by atoms with Gasteiger partial charge in [-0.3, -0.25) is 4.79 Å². The van der Waals surface area contributed by atoms with Gasteiger partial charge in [0.1, 0.15) is 6.61 Å². The highest BCUT2D eigenvalue weighted by atomic mass is 79.9. The summed E-state index contributed by atoms with van der Waals surface area (Å²) >= 11 is 3.15. The predicted molar refractivity (Wildman–Crippen MR) is 91.1 cm³/mol. The van der Waals surface area contributed by atoms with Crippen LogP contribution in [0.1, 0.15) is 0 Å². The minimum Gasteiger partial charge on any atom is -0.493 e. The molecule has 0 spiro atoms. The van der Waals surface area contributed by atoms with E-state index in [0.717, 1.165) is 0 Å². The van der Waals surface area contributed by atoms with Crippen LogP contribution in [0.4, 0.5) is 4.39 Å². The van der Waals surface area contributed by atoms with E-state index in [2.05, 4.69) is 21.2 Å². The van der Waals surface area contributed by atoms with Crippen LogP contribution in [0.25, 0.3) is 0 Å². The Morgan fingerprint density at radius 2 is 1.88 bits per heavy atom. The molecule has 7 heteroatoms. The molecule has 2 aromatic rings. The largest absolute Gasteiger partial charge is 0.493 e. The van der Waals surface area contributed by atoms with Gasteiger partial charge in [0, 0.05) is 4.47 Å². The Morgan fingerprint density at radius 3 is 2.58 bits per heavy atom. The number of carbonyl (C=O) groups is 1. The van der Waals surface area contributed by atoms with Crippen LogP contribution >= 0.6 is 15.9 Å². The maximum absolute atomic E-state index is 13.5. The van der Waals surface area contributed by atoms with Crippen LogP contribution in [0.15, 0.2) is 46.9 Å². The molecule has 24 heavy (non-hydrogen) atoms. The van der Waals surface area contributed by atoms with E-state index in [1.54, 1.807) is 25.3 Å². The fourth-order valence-electron chi connectivity index (χ4n) is 1.88. The molecule has 0 atom stereocenters. The van der Waals surface area contributed by atoms with Crippen molar-refractivity contribution >= 4 is 21.8 Å². The van der Waals surface area contributed by atoms with Gasteiger partial charge in [0.25, 0.3) is 5.91 Å². The van der Waals surface area contributed by atoms with Gasteiger partial charge in [-0.05, 0) is 30.3 Å². The number of methoxy groups -OCH3 is 1. The van der Waals surface area contributed by atoms with E-state index in [-0.39, 0.29) is 24.9 Å². The van der Waals surface area contributed by atoms with E-state index in [9.17, 15) is 9.18 Å². The Balaban J connectivity index is 1.70. The fourth-order valence-corrected chi connectivity index (χ4v) is 2.21. The van der Waals surface area contributed by atoms with Crippen molar-refractivity contribution in [2.24, 2.45) is 0 Å². The summed E-state index contributed by atoms with van der Waals surface area (Å²) in [6.07, 6.45) is 0. The van der Waals surface area contributed by atoms with Crippen molar-refractivity contribution in [1.29, 1.82) is 0 Å². The topological polar surface area (TPSA) is 56.8 Å². The lowest BCUT2D eigenvalue weighted by molar-refractivity contribution is -0.123. The van der Waals surface area contributed by atoms with Gasteiger partial charge in [-0.2, -0.15) is 0 Å². The van der Waals surface area contributed by atoms with Gasteiger partial charge < -0.3 is 19.5 Å². The van der Waals surface area contributed by atoms with Crippen LogP contribution in [0.3, 0.4) is 0 Å². The standard InChI is InChI=1S/C17H17BrFNO4/c1-22-15-4-2-3-5-16(15)23-9-8-20-17(21)11-24-14-7-6-12(18)10-13(14)19/h2-7,10H,8-9,11H2,1H3,(H,20,21). The zero-order chi connectivity index (χ0) is 17.4. The molecule has 1 amide bonds. The molecule has 0 saturated heterocycles. The average molecular weight is 398 g/mol. The third-order valence-corrected chi connectivity index (χ3v) is 3.50. The molecule has 0 aromatic heterocycles. The van der Waals surface area contributed by atoms with E-state index in [1.165, 1.54) is 12.1 Å². The fraction of sp³-hybridized carbons (Fsp3) is 0.235. The van der Waals surface area contributed by atoms with E-state index in [1.807, 2.05) is 12.1 Å². The quantitative estimate of drug-likeness (QED) is 0.695. The zero-order valence-corrected chi connectivity index (χ0v) is 14.6. The number of hydrogen-bond donors (Lipinski definition) is 1. The normalized spacial score (nSPS) is 10.1. The summed E-state index contributed by atoms with van der Waals surface area (Å²) in [5, 5.41) is 2.63. The van der Waals surface area contributed by atoms with Crippen LogP contribution in [-0.2, 0) is 4.79 Å². The van der Waals surface area contributed by atoms with E-state index in [0.29, 0.717) is 22.5 Å². The number of amides is 1.